The van der Waals surface area contributed by atoms with Gasteiger partial charge in [-0.05, 0) is 44.9 Å². The summed E-state index contributed by atoms with van der Waals surface area (Å²) in [4.78, 5) is 12.3. The number of carbonyl (C=O) groups is 1. The molecule has 3 N–H and O–H groups in total. The van der Waals surface area contributed by atoms with Crippen LogP contribution in [0, 0.1) is 0 Å². The first-order valence-corrected chi connectivity index (χ1v) is 17.5. The summed E-state index contributed by atoms with van der Waals surface area (Å²) in [6, 6.07) is -0.539. The Bertz CT molecular complexity index is 574. The van der Waals surface area contributed by atoms with Gasteiger partial charge in [-0.3, -0.25) is 4.79 Å². The number of hydrogen-bond acceptors (Lipinski definition) is 3. The molecule has 40 heavy (non-hydrogen) atoms. The summed E-state index contributed by atoms with van der Waals surface area (Å²) in [5.74, 6) is -0.0471. The minimum Gasteiger partial charge on any atom is -0.394 e. The van der Waals surface area contributed by atoms with Crippen molar-refractivity contribution in [2.75, 3.05) is 6.61 Å². The Hall–Kier alpha value is -1.13. The Morgan fingerprint density at radius 2 is 1.02 bits per heavy atom. The Balaban J connectivity index is 3.61. The van der Waals surface area contributed by atoms with Gasteiger partial charge in [0.1, 0.15) is 0 Å². The third-order valence-electron chi connectivity index (χ3n) is 7.97. The summed E-state index contributed by atoms with van der Waals surface area (Å²) in [6.45, 7) is 4.31. The van der Waals surface area contributed by atoms with Crippen LogP contribution in [0.15, 0.2) is 24.3 Å². The number of aliphatic hydroxyl groups is 2. The quantitative estimate of drug-likeness (QED) is 0.0580. The molecular formula is C36H69NO3. The molecule has 0 aromatic rings. The number of allylic oxidation sites excluding steroid dienone is 4. The summed E-state index contributed by atoms with van der Waals surface area (Å²) in [5, 5.41) is 23.0. The normalized spacial score (nSPS) is 13.4. The number of rotatable bonds is 31. The third-order valence-corrected chi connectivity index (χ3v) is 7.97. The molecule has 0 aromatic heterocycles. The van der Waals surface area contributed by atoms with Crippen LogP contribution in [0.2, 0.25) is 0 Å². The Morgan fingerprint density at radius 1 is 0.600 bits per heavy atom. The zero-order valence-electron chi connectivity index (χ0n) is 26.9. The second-order valence-electron chi connectivity index (χ2n) is 11.9. The van der Waals surface area contributed by atoms with Gasteiger partial charge in [0.25, 0.3) is 0 Å². The summed E-state index contributed by atoms with van der Waals surface area (Å²) < 4.78 is 0. The Kier molecular flexibility index (Phi) is 31.5. The van der Waals surface area contributed by atoms with Gasteiger partial charge >= 0.3 is 0 Å². The molecule has 4 heteroatoms. The van der Waals surface area contributed by atoms with E-state index in [-0.39, 0.29) is 12.5 Å². The fourth-order valence-corrected chi connectivity index (χ4v) is 5.21. The summed E-state index contributed by atoms with van der Waals surface area (Å²) in [6.07, 6.45) is 39.3. The van der Waals surface area contributed by atoms with Gasteiger partial charge in [0.2, 0.25) is 5.91 Å². The third kappa shape index (κ3) is 28.4. The highest BCUT2D eigenvalue weighted by Crippen LogP contribution is 2.14. The lowest BCUT2D eigenvalue weighted by Gasteiger charge is -2.22. The molecular weight excluding hydrogens is 494 g/mol. The second-order valence-corrected chi connectivity index (χ2v) is 11.9. The second kappa shape index (κ2) is 32.4. The minimum absolute atomic E-state index is 0.0471. The highest BCUT2D eigenvalue weighted by atomic mass is 16.3. The van der Waals surface area contributed by atoms with Crippen molar-refractivity contribution in [1.82, 2.24) is 5.32 Å². The van der Waals surface area contributed by atoms with Crippen LogP contribution >= 0.6 is 0 Å². The zero-order chi connectivity index (χ0) is 29.4. The molecule has 0 fully saturated rings. The van der Waals surface area contributed by atoms with Crippen LogP contribution in [-0.4, -0.2) is 34.9 Å². The molecule has 0 saturated heterocycles. The number of carbonyl (C=O) groups excluding carboxylic acids is 1. The number of nitrogens with one attached hydrogen (secondary N) is 1. The number of unbranched alkanes of at least 4 members (excludes halogenated alkanes) is 20. The fraction of sp³-hybridized carbons (Fsp3) is 0.861. The first-order chi connectivity index (χ1) is 19.7. The topological polar surface area (TPSA) is 69.6 Å². The average molecular weight is 564 g/mol. The van der Waals surface area contributed by atoms with Crippen LogP contribution < -0.4 is 5.32 Å². The molecule has 0 aliphatic rings. The van der Waals surface area contributed by atoms with Crippen molar-refractivity contribution in [2.24, 2.45) is 0 Å². The smallest absolute Gasteiger partial charge is 0.220 e. The first kappa shape index (κ1) is 38.9. The monoisotopic (exact) mass is 564 g/mol. The molecule has 2 atom stereocenters. The van der Waals surface area contributed by atoms with E-state index in [0.29, 0.717) is 12.8 Å². The number of amides is 1. The van der Waals surface area contributed by atoms with E-state index in [2.05, 4.69) is 43.5 Å². The fourth-order valence-electron chi connectivity index (χ4n) is 5.21. The van der Waals surface area contributed by atoms with Crippen molar-refractivity contribution in [3.05, 3.63) is 24.3 Å². The molecule has 0 bridgehead atoms. The maximum atomic E-state index is 12.3. The van der Waals surface area contributed by atoms with Crippen LogP contribution in [0.25, 0.3) is 0 Å². The van der Waals surface area contributed by atoms with E-state index in [1.807, 2.05) is 0 Å². The Labute approximate surface area is 249 Å². The van der Waals surface area contributed by atoms with E-state index in [9.17, 15) is 15.0 Å². The molecule has 0 radical (unpaired) electrons. The van der Waals surface area contributed by atoms with E-state index >= 15 is 0 Å². The molecule has 0 rings (SSSR count). The van der Waals surface area contributed by atoms with Gasteiger partial charge in [0.05, 0.1) is 18.8 Å². The van der Waals surface area contributed by atoms with E-state index in [1.54, 1.807) is 0 Å². The summed E-state index contributed by atoms with van der Waals surface area (Å²) in [5.41, 5.74) is 0. The lowest BCUT2D eigenvalue weighted by Crippen LogP contribution is -2.45. The van der Waals surface area contributed by atoms with Crippen LogP contribution in [0.1, 0.15) is 181 Å². The van der Waals surface area contributed by atoms with Gasteiger partial charge in [-0.2, -0.15) is 0 Å². The minimum atomic E-state index is -0.661. The van der Waals surface area contributed by atoms with Gasteiger partial charge in [-0.1, -0.05) is 154 Å². The van der Waals surface area contributed by atoms with Crippen molar-refractivity contribution in [3.8, 4) is 0 Å². The lowest BCUT2D eigenvalue weighted by molar-refractivity contribution is -0.123. The van der Waals surface area contributed by atoms with Crippen molar-refractivity contribution < 1.29 is 15.0 Å². The maximum Gasteiger partial charge on any atom is 0.220 e. The molecule has 0 aliphatic heterocycles. The molecule has 1 unspecified atom stereocenters. The number of aliphatic hydroxyl groups excluding tert-OH is 2. The van der Waals surface area contributed by atoms with Crippen molar-refractivity contribution in [2.45, 2.75) is 193 Å². The lowest BCUT2D eigenvalue weighted by atomic mass is 10.0. The predicted molar refractivity (Wildman–Crippen MR) is 175 cm³/mol. The predicted octanol–water partition coefficient (Wildman–Crippen LogP) is 10.1. The van der Waals surface area contributed by atoms with E-state index in [1.165, 1.54) is 109 Å². The summed E-state index contributed by atoms with van der Waals surface area (Å²) in [7, 11) is 0. The van der Waals surface area contributed by atoms with Gasteiger partial charge in [-0.25, -0.2) is 0 Å². The van der Waals surface area contributed by atoms with Crippen LogP contribution in [0.4, 0.5) is 0 Å². The van der Waals surface area contributed by atoms with Crippen LogP contribution in [-0.2, 0) is 4.79 Å². The molecule has 0 aliphatic carbocycles. The van der Waals surface area contributed by atoms with Crippen LogP contribution in [0.5, 0.6) is 0 Å². The molecule has 0 saturated carbocycles. The highest BCUT2D eigenvalue weighted by Gasteiger charge is 2.19. The summed E-state index contributed by atoms with van der Waals surface area (Å²) >= 11 is 0. The standard InChI is InChI=1S/C36H69NO3/c1-3-5-7-9-11-13-15-17-18-20-22-24-26-28-30-32-36(40)37-34(33-38)35(39)31-29-27-25-23-21-19-16-14-12-10-8-6-4-2/h11,13,17-18,34-35,38-39H,3-10,12,14-16,19-33H2,1-2H3,(H,37,40)/b13-11-,18-17-/t34?,35-/m1/s1. The highest BCUT2D eigenvalue weighted by molar-refractivity contribution is 5.76. The first-order valence-electron chi connectivity index (χ1n) is 17.5. The molecule has 0 spiro atoms. The molecule has 0 aromatic carbocycles. The largest absolute Gasteiger partial charge is 0.394 e. The van der Waals surface area contributed by atoms with Crippen LogP contribution in [0.3, 0.4) is 0 Å². The van der Waals surface area contributed by atoms with Gasteiger partial charge < -0.3 is 15.5 Å². The SMILES string of the molecule is CCCCC/C=C\C/C=C\CCCCCCCC(=O)NC(CO)[C@H](O)CCCCCCCCCCCCCCC. The van der Waals surface area contributed by atoms with Gasteiger partial charge in [0.15, 0.2) is 0 Å². The molecule has 0 heterocycles. The van der Waals surface area contributed by atoms with Crippen molar-refractivity contribution in [1.29, 1.82) is 0 Å². The average Bonchev–Trinajstić information content (AvgIpc) is 2.96. The zero-order valence-corrected chi connectivity index (χ0v) is 26.9. The van der Waals surface area contributed by atoms with E-state index in [4.69, 9.17) is 0 Å². The maximum absolute atomic E-state index is 12.3. The van der Waals surface area contributed by atoms with Gasteiger partial charge in [-0.15, -0.1) is 0 Å². The van der Waals surface area contributed by atoms with Crippen molar-refractivity contribution in [3.63, 3.8) is 0 Å². The molecule has 236 valence electrons. The molecule has 1 amide bonds. The molecule has 4 nitrogen and oxygen atoms in total. The van der Waals surface area contributed by atoms with E-state index in [0.717, 1.165) is 44.9 Å². The van der Waals surface area contributed by atoms with Gasteiger partial charge in [0, 0.05) is 6.42 Å². The Morgan fingerprint density at radius 3 is 1.55 bits per heavy atom. The van der Waals surface area contributed by atoms with Crippen molar-refractivity contribution >= 4 is 5.91 Å². The number of hydrogen-bond donors (Lipinski definition) is 3. The van der Waals surface area contributed by atoms with E-state index < -0.39 is 12.1 Å².